The summed E-state index contributed by atoms with van der Waals surface area (Å²) in [6.45, 7) is 0.265. The second-order valence-corrected chi connectivity index (χ2v) is 10.2. The van der Waals surface area contributed by atoms with Crippen molar-refractivity contribution in [1.82, 2.24) is 10.6 Å². The van der Waals surface area contributed by atoms with Crippen molar-refractivity contribution in [3.05, 3.63) is 144 Å². The van der Waals surface area contributed by atoms with Crippen LogP contribution in [0.5, 0.6) is 0 Å². The van der Waals surface area contributed by atoms with E-state index in [1.165, 1.54) is 0 Å². The fraction of sp³-hybridized carbons (Fsp3) is 0.257. The van der Waals surface area contributed by atoms with Gasteiger partial charge >= 0.3 is 12.2 Å². The summed E-state index contributed by atoms with van der Waals surface area (Å²) in [6.07, 6.45) is -0.301. The Morgan fingerprint density at radius 1 is 0.595 bits per heavy atom. The summed E-state index contributed by atoms with van der Waals surface area (Å²) in [4.78, 5) is 25.6. The molecule has 42 heavy (non-hydrogen) atoms. The van der Waals surface area contributed by atoms with Crippen LogP contribution in [-0.2, 0) is 35.5 Å². The highest BCUT2D eigenvalue weighted by Gasteiger charge is 2.26. The molecular formula is C35H38N2O5. The van der Waals surface area contributed by atoms with Gasteiger partial charge in [0.1, 0.15) is 13.2 Å². The van der Waals surface area contributed by atoms with Gasteiger partial charge < -0.3 is 25.2 Å². The molecule has 0 aliphatic rings. The zero-order valence-corrected chi connectivity index (χ0v) is 23.6. The second-order valence-electron chi connectivity index (χ2n) is 10.2. The zero-order chi connectivity index (χ0) is 29.4. The quantitative estimate of drug-likeness (QED) is 0.169. The molecule has 3 unspecified atom stereocenters. The molecule has 0 radical (unpaired) electrons. The third-order valence-electron chi connectivity index (χ3n) is 6.95. The molecule has 0 aliphatic carbocycles. The molecule has 3 N–H and O–H groups in total. The predicted octanol–water partition coefficient (Wildman–Crippen LogP) is 6.20. The summed E-state index contributed by atoms with van der Waals surface area (Å²) in [5.74, 6) is 0. The first kappa shape index (κ1) is 30.3. The average Bonchev–Trinajstić information content (AvgIpc) is 3.03. The molecule has 0 saturated heterocycles. The molecule has 4 aromatic rings. The van der Waals surface area contributed by atoms with Gasteiger partial charge in [0, 0.05) is 6.04 Å². The Bertz CT molecular complexity index is 1340. The van der Waals surface area contributed by atoms with Crippen LogP contribution in [0.1, 0.15) is 35.1 Å². The maximum atomic E-state index is 12.8. The highest BCUT2D eigenvalue weighted by molar-refractivity contribution is 5.68. The van der Waals surface area contributed by atoms with Gasteiger partial charge in [-0.1, -0.05) is 121 Å². The van der Waals surface area contributed by atoms with E-state index in [2.05, 4.69) is 10.6 Å². The van der Waals surface area contributed by atoms with E-state index in [9.17, 15) is 14.7 Å². The molecule has 2 amide bonds. The number of nitrogens with one attached hydrogen (secondary N) is 2. The van der Waals surface area contributed by atoms with Crippen LogP contribution in [0, 0.1) is 0 Å². The first-order valence-electron chi connectivity index (χ1n) is 14.3. The fourth-order valence-electron chi connectivity index (χ4n) is 4.72. The summed E-state index contributed by atoms with van der Waals surface area (Å²) in [5.41, 5.74) is 3.85. The summed E-state index contributed by atoms with van der Waals surface area (Å²) < 4.78 is 10.9. The van der Waals surface area contributed by atoms with E-state index in [4.69, 9.17) is 9.47 Å². The van der Waals surface area contributed by atoms with Crippen LogP contribution in [0.25, 0.3) is 0 Å². The first-order valence-corrected chi connectivity index (χ1v) is 14.3. The van der Waals surface area contributed by atoms with Crippen LogP contribution in [0.15, 0.2) is 121 Å². The Labute approximate surface area is 247 Å². The Kier molecular flexibility index (Phi) is 12.0. The molecule has 0 saturated carbocycles. The number of ether oxygens (including phenoxy) is 2. The van der Waals surface area contributed by atoms with Crippen LogP contribution in [0.2, 0.25) is 0 Å². The fourth-order valence-corrected chi connectivity index (χ4v) is 4.72. The Balaban J connectivity index is 1.42. The Hall–Kier alpha value is -4.62. The number of carbonyl (C=O) groups excluding carboxylic acids is 2. The lowest BCUT2D eigenvalue weighted by molar-refractivity contribution is 0.0836. The van der Waals surface area contributed by atoms with Crippen molar-refractivity contribution in [2.24, 2.45) is 0 Å². The molecule has 0 aromatic heterocycles. The van der Waals surface area contributed by atoms with Crippen molar-refractivity contribution in [3.63, 3.8) is 0 Å². The van der Waals surface area contributed by atoms with E-state index >= 15 is 0 Å². The van der Waals surface area contributed by atoms with E-state index in [-0.39, 0.29) is 19.6 Å². The number of carbonyl (C=O) groups is 2. The molecule has 0 spiro atoms. The SMILES string of the molecule is O=C(NC(Cc1ccccc1)CC(O)C(CCc1ccccc1)NC(=O)OCc1ccccc1)OCc1ccccc1. The van der Waals surface area contributed by atoms with Crippen LogP contribution in [0.3, 0.4) is 0 Å². The molecule has 0 fully saturated rings. The Morgan fingerprint density at radius 2 is 1.02 bits per heavy atom. The van der Waals surface area contributed by atoms with Gasteiger partial charge in [-0.05, 0) is 47.9 Å². The van der Waals surface area contributed by atoms with Gasteiger partial charge in [0.25, 0.3) is 0 Å². The highest BCUT2D eigenvalue weighted by Crippen LogP contribution is 2.15. The number of hydrogen-bond acceptors (Lipinski definition) is 5. The molecule has 0 bridgehead atoms. The lowest BCUT2D eigenvalue weighted by Gasteiger charge is -2.28. The van der Waals surface area contributed by atoms with Crippen molar-refractivity contribution in [1.29, 1.82) is 0 Å². The standard InChI is InChI=1S/C35H38N2O5/c38-33(24-31(23-28-15-7-2-8-16-28)36-34(39)41-25-29-17-9-3-10-18-29)32(22-21-27-13-5-1-6-14-27)37-35(40)42-26-30-19-11-4-12-20-30/h1-20,31-33,38H,21-26H2,(H,36,39)(H,37,40). The number of alkyl carbamates (subject to hydrolysis) is 2. The normalized spacial score (nSPS) is 12.9. The van der Waals surface area contributed by atoms with Gasteiger partial charge in [-0.3, -0.25) is 0 Å². The molecule has 218 valence electrons. The minimum absolute atomic E-state index is 0.125. The van der Waals surface area contributed by atoms with E-state index in [1.54, 1.807) is 0 Å². The number of aryl methyl sites for hydroxylation is 1. The smallest absolute Gasteiger partial charge is 0.407 e. The summed E-state index contributed by atoms with van der Waals surface area (Å²) in [5, 5.41) is 17.2. The number of hydrogen-bond donors (Lipinski definition) is 3. The molecule has 4 aromatic carbocycles. The summed E-state index contributed by atoms with van der Waals surface area (Å²) >= 11 is 0. The van der Waals surface area contributed by atoms with E-state index in [1.807, 2.05) is 121 Å². The van der Waals surface area contributed by atoms with Crippen LogP contribution in [0.4, 0.5) is 9.59 Å². The number of aliphatic hydroxyl groups is 1. The lowest BCUT2D eigenvalue weighted by atomic mass is 9.94. The van der Waals surface area contributed by atoms with Crippen molar-refractivity contribution in [2.45, 2.75) is 57.1 Å². The minimum atomic E-state index is -0.957. The number of rotatable bonds is 14. The van der Waals surface area contributed by atoms with E-state index < -0.39 is 30.4 Å². The van der Waals surface area contributed by atoms with Crippen molar-refractivity contribution in [3.8, 4) is 0 Å². The lowest BCUT2D eigenvalue weighted by Crippen LogP contribution is -2.48. The maximum Gasteiger partial charge on any atom is 0.407 e. The van der Waals surface area contributed by atoms with E-state index in [0.717, 1.165) is 22.3 Å². The molecule has 7 heteroatoms. The maximum absolute atomic E-state index is 12.8. The third kappa shape index (κ3) is 10.7. The van der Waals surface area contributed by atoms with Gasteiger partial charge in [0.2, 0.25) is 0 Å². The van der Waals surface area contributed by atoms with E-state index in [0.29, 0.717) is 19.3 Å². The molecular weight excluding hydrogens is 528 g/mol. The van der Waals surface area contributed by atoms with Gasteiger partial charge in [-0.2, -0.15) is 0 Å². The van der Waals surface area contributed by atoms with Crippen molar-refractivity contribution in [2.75, 3.05) is 0 Å². The average molecular weight is 567 g/mol. The highest BCUT2D eigenvalue weighted by atomic mass is 16.6. The number of amides is 2. The van der Waals surface area contributed by atoms with Crippen LogP contribution >= 0.6 is 0 Å². The van der Waals surface area contributed by atoms with Crippen LogP contribution in [-0.4, -0.2) is 35.5 Å². The van der Waals surface area contributed by atoms with Crippen molar-refractivity contribution >= 4 is 12.2 Å². The predicted molar refractivity (Wildman–Crippen MR) is 163 cm³/mol. The molecule has 3 atom stereocenters. The third-order valence-corrected chi connectivity index (χ3v) is 6.95. The largest absolute Gasteiger partial charge is 0.445 e. The molecule has 0 heterocycles. The van der Waals surface area contributed by atoms with Gasteiger partial charge in [0.15, 0.2) is 0 Å². The molecule has 7 nitrogen and oxygen atoms in total. The minimum Gasteiger partial charge on any atom is -0.445 e. The second kappa shape index (κ2) is 16.6. The summed E-state index contributed by atoms with van der Waals surface area (Å²) in [6, 6.07) is 37.5. The first-order chi connectivity index (χ1) is 20.5. The van der Waals surface area contributed by atoms with Gasteiger partial charge in [-0.15, -0.1) is 0 Å². The topological polar surface area (TPSA) is 96.9 Å². The monoisotopic (exact) mass is 566 g/mol. The van der Waals surface area contributed by atoms with Crippen LogP contribution < -0.4 is 10.6 Å². The molecule has 4 rings (SSSR count). The number of benzene rings is 4. The van der Waals surface area contributed by atoms with Gasteiger partial charge in [-0.25, -0.2) is 9.59 Å². The Morgan fingerprint density at radius 3 is 1.52 bits per heavy atom. The summed E-state index contributed by atoms with van der Waals surface area (Å²) in [7, 11) is 0. The zero-order valence-electron chi connectivity index (χ0n) is 23.6. The van der Waals surface area contributed by atoms with Crippen molar-refractivity contribution < 1.29 is 24.2 Å². The van der Waals surface area contributed by atoms with Gasteiger partial charge in [0.05, 0.1) is 12.1 Å². The number of aliphatic hydroxyl groups excluding tert-OH is 1. The molecule has 0 aliphatic heterocycles.